The van der Waals surface area contributed by atoms with Crippen LogP contribution in [-0.2, 0) is 6.54 Å². The smallest absolute Gasteiger partial charge is 0.299 e. The molecule has 0 atom stereocenters. The number of aromatic nitrogens is 2. The SMILES string of the molecule is CCCn1ccn(-c2ccc(C(C)C)cc2)c1=O. The summed E-state index contributed by atoms with van der Waals surface area (Å²) in [5.74, 6) is 0.514. The molecule has 0 saturated heterocycles. The summed E-state index contributed by atoms with van der Waals surface area (Å²) < 4.78 is 3.44. The second kappa shape index (κ2) is 5.25. The molecule has 2 rings (SSSR count). The van der Waals surface area contributed by atoms with Crippen LogP contribution in [0.15, 0.2) is 41.5 Å². The maximum Gasteiger partial charge on any atom is 0.332 e. The first kappa shape index (κ1) is 12.7. The van der Waals surface area contributed by atoms with Gasteiger partial charge in [0.15, 0.2) is 0 Å². The number of hydrogen-bond acceptors (Lipinski definition) is 1. The molecule has 0 aliphatic heterocycles. The Bertz CT molecular complexity index is 561. The van der Waals surface area contributed by atoms with E-state index in [-0.39, 0.29) is 5.69 Å². The van der Waals surface area contributed by atoms with Crippen molar-refractivity contribution in [2.75, 3.05) is 0 Å². The van der Waals surface area contributed by atoms with E-state index in [0.29, 0.717) is 5.92 Å². The van der Waals surface area contributed by atoms with Gasteiger partial charge in [0.25, 0.3) is 0 Å². The lowest BCUT2D eigenvalue weighted by Gasteiger charge is -2.07. The van der Waals surface area contributed by atoms with Crippen molar-refractivity contribution in [1.29, 1.82) is 0 Å². The fourth-order valence-electron chi connectivity index (χ4n) is 2.04. The average Bonchev–Trinajstić information content (AvgIpc) is 2.72. The third-order valence-electron chi connectivity index (χ3n) is 3.15. The predicted molar refractivity (Wildman–Crippen MR) is 74.4 cm³/mol. The Morgan fingerprint density at radius 3 is 2.33 bits per heavy atom. The maximum atomic E-state index is 12.1. The van der Waals surface area contributed by atoms with Crippen LogP contribution < -0.4 is 5.69 Å². The second-order valence-electron chi connectivity index (χ2n) is 4.89. The van der Waals surface area contributed by atoms with Crippen molar-refractivity contribution in [3.05, 3.63) is 52.7 Å². The number of rotatable bonds is 4. The molecule has 0 N–H and O–H groups in total. The molecule has 1 heterocycles. The Kier molecular flexibility index (Phi) is 3.70. The summed E-state index contributed by atoms with van der Waals surface area (Å²) in [6, 6.07) is 8.19. The third-order valence-corrected chi connectivity index (χ3v) is 3.15. The van der Waals surface area contributed by atoms with E-state index in [4.69, 9.17) is 0 Å². The van der Waals surface area contributed by atoms with Crippen molar-refractivity contribution >= 4 is 0 Å². The molecule has 1 aromatic carbocycles. The molecule has 3 heteroatoms. The first-order chi connectivity index (χ1) is 8.63. The van der Waals surface area contributed by atoms with Crippen molar-refractivity contribution in [2.24, 2.45) is 0 Å². The van der Waals surface area contributed by atoms with Crippen LogP contribution in [0.4, 0.5) is 0 Å². The van der Waals surface area contributed by atoms with Crippen molar-refractivity contribution in [3.63, 3.8) is 0 Å². The fraction of sp³-hybridized carbons (Fsp3) is 0.400. The molecule has 18 heavy (non-hydrogen) atoms. The Balaban J connectivity index is 2.34. The Hall–Kier alpha value is -1.77. The van der Waals surface area contributed by atoms with E-state index in [2.05, 4.69) is 32.9 Å². The molecule has 0 amide bonds. The van der Waals surface area contributed by atoms with Crippen molar-refractivity contribution < 1.29 is 0 Å². The van der Waals surface area contributed by atoms with Gasteiger partial charge in [-0.05, 0) is 30.0 Å². The highest BCUT2D eigenvalue weighted by Crippen LogP contribution is 2.16. The van der Waals surface area contributed by atoms with Crippen LogP contribution in [0.2, 0.25) is 0 Å². The summed E-state index contributed by atoms with van der Waals surface area (Å²) in [4.78, 5) is 12.1. The Morgan fingerprint density at radius 2 is 1.78 bits per heavy atom. The highest BCUT2D eigenvalue weighted by atomic mass is 16.1. The van der Waals surface area contributed by atoms with Gasteiger partial charge in [0.2, 0.25) is 0 Å². The summed E-state index contributed by atoms with van der Waals surface area (Å²) >= 11 is 0. The zero-order valence-corrected chi connectivity index (χ0v) is 11.3. The number of nitrogens with zero attached hydrogens (tertiary/aromatic N) is 2. The summed E-state index contributed by atoms with van der Waals surface area (Å²) in [6.45, 7) is 7.18. The van der Waals surface area contributed by atoms with Gasteiger partial charge in [0.1, 0.15) is 0 Å². The molecule has 0 saturated carbocycles. The van der Waals surface area contributed by atoms with Gasteiger partial charge in [-0.1, -0.05) is 32.9 Å². The quantitative estimate of drug-likeness (QED) is 0.811. The second-order valence-corrected chi connectivity index (χ2v) is 4.89. The molecule has 0 aliphatic carbocycles. The van der Waals surface area contributed by atoms with Crippen molar-refractivity contribution in [3.8, 4) is 5.69 Å². The zero-order chi connectivity index (χ0) is 13.1. The molecule has 0 unspecified atom stereocenters. The molecule has 1 aromatic heterocycles. The normalized spacial score (nSPS) is 11.1. The summed E-state index contributed by atoms with van der Waals surface area (Å²) in [7, 11) is 0. The molecule has 0 bridgehead atoms. The largest absolute Gasteiger partial charge is 0.332 e. The van der Waals surface area contributed by atoms with Crippen LogP contribution in [-0.4, -0.2) is 9.13 Å². The van der Waals surface area contributed by atoms with Crippen molar-refractivity contribution in [2.45, 2.75) is 39.7 Å². The molecule has 96 valence electrons. The van der Waals surface area contributed by atoms with Gasteiger partial charge < -0.3 is 0 Å². The topological polar surface area (TPSA) is 26.9 Å². The van der Waals surface area contributed by atoms with Crippen molar-refractivity contribution in [1.82, 2.24) is 9.13 Å². The van der Waals surface area contributed by atoms with E-state index in [1.165, 1.54) is 5.56 Å². The van der Waals surface area contributed by atoms with Crippen LogP contribution >= 0.6 is 0 Å². The number of benzene rings is 1. The minimum atomic E-state index is 0.0362. The van der Waals surface area contributed by atoms with E-state index < -0.39 is 0 Å². The minimum absolute atomic E-state index is 0.0362. The summed E-state index contributed by atoms with van der Waals surface area (Å²) in [5.41, 5.74) is 2.26. The molecule has 0 spiro atoms. The lowest BCUT2D eigenvalue weighted by Crippen LogP contribution is -2.22. The molecule has 0 aliphatic rings. The number of imidazole rings is 1. The standard InChI is InChI=1S/C15H20N2O/c1-4-9-16-10-11-17(15(16)18)14-7-5-13(6-8-14)12(2)3/h5-8,10-12H,4,9H2,1-3H3. The molecule has 3 nitrogen and oxygen atoms in total. The van der Waals surface area contributed by atoms with Gasteiger partial charge in [-0.15, -0.1) is 0 Å². The van der Waals surface area contributed by atoms with E-state index in [1.807, 2.05) is 24.5 Å². The van der Waals surface area contributed by atoms with Crippen LogP contribution in [0.25, 0.3) is 5.69 Å². The highest BCUT2D eigenvalue weighted by molar-refractivity contribution is 5.35. The van der Waals surface area contributed by atoms with E-state index in [1.54, 1.807) is 9.13 Å². The van der Waals surface area contributed by atoms with Gasteiger partial charge >= 0.3 is 5.69 Å². The molecular formula is C15H20N2O. The van der Waals surface area contributed by atoms with E-state index >= 15 is 0 Å². The summed E-state index contributed by atoms with van der Waals surface area (Å²) in [5, 5.41) is 0. The number of aryl methyl sites for hydroxylation is 1. The van der Waals surface area contributed by atoms with E-state index in [0.717, 1.165) is 18.7 Å². The lowest BCUT2D eigenvalue weighted by atomic mass is 10.0. The van der Waals surface area contributed by atoms with Crippen LogP contribution in [0, 0.1) is 0 Å². The van der Waals surface area contributed by atoms with Gasteiger partial charge in [-0.25, -0.2) is 4.79 Å². The predicted octanol–water partition coefficient (Wildman–Crippen LogP) is 3.17. The Morgan fingerprint density at radius 1 is 1.11 bits per heavy atom. The van der Waals surface area contributed by atoms with Gasteiger partial charge in [0.05, 0.1) is 5.69 Å². The average molecular weight is 244 g/mol. The summed E-state index contributed by atoms with van der Waals surface area (Å²) in [6.07, 6.45) is 4.65. The monoisotopic (exact) mass is 244 g/mol. The first-order valence-corrected chi connectivity index (χ1v) is 6.51. The fourth-order valence-corrected chi connectivity index (χ4v) is 2.04. The van der Waals surface area contributed by atoms with Gasteiger partial charge in [-0.2, -0.15) is 0 Å². The lowest BCUT2D eigenvalue weighted by molar-refractivity contribution is 0.647. The highest BCUT2D eigenvalue weighted by Gasteiger charge is 2.05. The third kappa shape index (κ3) is 2.40. The molecule has 2 aromatic rings. The van der Waals surface area contributed by atoms with Gasteiger partial charge in [-0.3, -0.25) is 9.13 Å². The maximum absolute atomic E-state index is 12.1. The van der Waals surface area contributed by atoms with Gasteiger partial charge in [0, 0.05) is 18.9 Å². The zero-order valence-electron chi connectivity index (χ0n) is 11.3. The van der Waals surface area contributed by atoms with E-state index in [9.17, 15) is 4.79 Å². The number of hydrogen-bond donors (Lipinski definition) is 0. The molecular weight excluding hydrogens is 224 g/mol. The Labute approximate surface area is 108 Å². The van der Waals surface area contributed by atoms with Crippen LogP contribution in [0.3, 0.4) is 0 Å². The van der Waals surface area contributed by atoms with Crippen LogP contribution in [0.1, 0.15) is 38.7 Å². The molecule has 0 radical (unpaired) electrons. The minimum Gasteiger partial charge on any atom is -0.299 e. The first-order valence-electron chi connectivity index (χ1n) is 6.51. The van der Waals surface area contributed by atoms with Crippen LogP contribution in [0.5, 0.6) is 0 Å². The molecule has 0 fully saturated rings.